The molecule has 41 heavy (non-hydrogen) atoms. The summed E-state index contributed by atoms with van der Waals surface area (Å²) in [5, 5.41) is 12.8. The Hall–Kier alpha value is -4.95. The number of carbonyl (C=O) groups is 2. The molecule has 1 aliphatic rings. The Morgan fingerprint density at radius 3 is 1.66 bits per heavy atom. The van der Waals surface area contributed by atoms with Gasteiger partial charge in [0.25, 0.3) is 0 Å². The molecule has 8 heteroatoms. The van der Waals surface area contributed by atoms with Crippen LogP contribution in [0.4, 0.5) is 0 Å². The van der Waals surface area contributed by atoms with Crippen LogP contribution >= 0.6 is 0 Å². The molecule has 0 amide bonds. The second-order valence-electron chi connectivity index (χ2n) is 10.3. The van der Waals surface area contributed by atoms with Crippen molar-refractivity contribution in [2.24, 2.45) is 11.8 Å². The molecule has 1 aliphatic carbocycles. The van der Waals surface area contributed by atoms with Gasteiger partial charge in [-0.2, -0.15) is 0 Å². The third-order valence-electron chi connectivity index (χ3n) is 8.05. The summed E-state index contributed by atoms with van der Waals surface area (Å²) in [5.74, 6) is -3.53. The van der Waals surface area contributed by atoms with Crippen LogP contribution in [0, 0.1) is 11.8 Å². The molecule has 1 fully saturated rings. The van der Waals surface area contributed by atoms with Crippen LogP contribution in [0.3, 0.4) is 0 Å². The van der Waals surface area contributed by atoms with Crippen LogP contribution in [0.1, 0.15) is 55.7 Å². The highest BCUT2D eigenvalue weighted by Crippen LogP contribution is 2.58. The van der Waals surface area contributed by atoms with E-state index in [1.807, 2.05) is 18.2 Å². The number of aliphatic hydroxyl groups is 1. The average Bonchev–Trinajstić information content (AvgIpc) is 3.05. The van der Waals surface area contributed by atoms with Gasteiger partial charge in [-0.25, -0.2) is 0 Å². The second-order valence-corrected chi connectivity index (χ2v) is 10.3. The van der Waals surface area contributed by atoms with E-state index >= 15 is 0 Å². The normalized spacial score (nSPS) is 23.9. The summed E-state index contributed by atoms with van der Waals surface area (Å²) in [6.07, 6.45) is 16.3. The van der Waals surface area contributed by atoms with E-state index in [-0.39, 0.29) is 18.0 Å². The summed E-state index contributed by atoms with van der Waals surface area (Å²) in [5.41, 5.74) is 1.05. The van der Waals surface area contributed by atoms with E-state index in [9.17, 15) is 14.7 Å². The average molecular weight is 542 g/mol. The number of pyridine rings is 5. The van der Waals surface area contributed by atoms with Crippen molar-refractivity contribution in [1.82, 2.24) is 24.9 Å². The maximum atomic E-state index is 14.5. The predicted octanol–water partition coefficient (Wildman–Crippen LogP) is 4.82. The molecule has 5 atom stereocenters. The topological polar surface area (TPSA) is 119 Å². The third kappa shape index (κ3) is 4.94. The van der Waals surface area contributed by atoms with Gasteiger partial charge in [0.1, 0.15) is 5.60 Å². The van der Waals surface area contributed by atoms with Gasteiger partial charge in [0.15, 0.2) is 11.6 Å². The number of ketones is 2. The summed E-state index contributed by atoms with van der Waals surface area (Å²) in [7, 11) is 0. The van der Waals surface area contributed by atoms with E-state index in [0.29, 0.717) is 22.3 Å². The lowest BCUT2D eigenvalue weighted by Gasteiger charge is -2.51. The number of Topliss-reactive ketones (excluding diaryl/α,β-unsaturated/α-hetero) is 2. The molecule has 0 aromatic carbocycles. The lowest BCUT2D eigenvalue weighted by atomic mass is 9.53. The van der Waals surface area contributed by atoms with Gasteiger partial charge in [-0.15, -0.1) is 0 Å². The van der Waals surface area contributed by atoms with Crippen LogP contribution < -0.4 is 0 Å². The van der Waals surface area contributed by atoms with E-state index in [0.717, 1.165) is 5.56 Å². The van der Waals surface area contributed by atoms with Crippen LogP contribution in [0.2, 0.25) is 0 Å². The maximum Gasteiger partial charge on any atom is 0.171 e. The van der Waals surface area contributed by atoms with E-state index in [1.165, 1.54) is 6.20 Å². The first-order chi connectivity index (χ1) is 20.1. The fourth-order valence-electron chi connectivity index (χ4n) is 6.27. The molecule has 0 radical (unpaired) electrons. The van der Waals surface area contributed by atoms with Gasteiger partial charge in [-0.3, -0.25) is 34.5 Å². The number of aromatic nitrogens is 5. The monoisotopic (exact) mass is 541 g/mol. The van der Waals surface area contributed by atoms with Crippen molar-refractivity contribution in [2.45, 2.75) is 23.9 Å². The summed E-state index contributed by atoms with van der Waals surface area (Å²) < 4.78 is 0. The van der Waals surface area contributed by atoms with E-state index < -0.39 is 29.3 Å². The zero-order chi connectivity index (χ0) is 28.2. The van der Waals surface area contributed by atoms with Gasteiger partial charge in [-0.1, -0.05) is 18.2 Å². The standard InChI is InChI=1S/C33H27N5O3/c39-31(24-8-3-13-36-19-24)29-27(22-6-1-11-34-17-22)16-33(41,26-10-5-15-38-21-26)30(28(29)23-7-2-12-35-18-23)32(40)25-9-4-14-37-20-25/h1-15,17-21,27-30,41H,16H2/t27-,28+,29+,30+,33-/m1/s1. The van der Waals surface area contributed by atoms with Crippen molar-refractivity contribution in [3.8, 4) is 0 Å². The van der Waals surface area contributed by atoms with Gasteiger partial charge in [-0.05, 0) is 65.9 Å². The molecule has 202 valence electrons. The first-order valence-corrected chi connectivity index (χ1v) is 13.4. The Balaban J connectivity index is 1.64. The molecule has 5 aromatic rings. The number of nitrogens with zero attached hydrogens (tertiary/aromatic N) is 5. The summed E-state index contributed by atoms with van der Waals surface area (Å²) in [4.78, 5) is 50.4. The highest BCUT2D eigenvalue weighted by Gasteiger charge is 2.59. The van der Waals surface area contributed by atoms with Crippen molar-refractivity contribution < 1.29 is 14.7 Å². The molecule has 1 saturated carbocycles. The van der Waals surface area contributed by atoms with Gasteiger partial charge in [0.2, 0.25) is 0 Å². The Kier molecular flexibility index (Phi) is 7.22. The Labute approximate surface area is 237 Å². The molecule has 5 aromatic heterocycles. The summed E-state index contributed by atoms with van der Waals surface area (Å²) in [6.45, 7) is 0. The van der Waals surface area contributed by atoms with Gasteiger partial charge in [0.05, 0.1) is 5.92 Å². The maximum absolute atomic E-state index is 14.5. The molecule has 8 nitrogen and oxygen atoms in total. The SMILES string of the molecule is O=C(c1cccnc1)[C@@H]1[C@H](c2cccnc2)[C@@H](C(=O)c2cccnc2)[C@](O)(c2cccnc2)C[C@@H]1c1cccnc1. The molecule has 0 spiro atoms. The highest BCUT2D eigenvalue weighted by molar-refractivity contribution is 6.02. The first kappa shape index (κ1) is 26.3. The zero-order valence-corrected chi connectivity index (χ0v) is 22.1. The number of hydrogen-bond acceptors (Lipinski definition) is 8. The van der Waals surface area contributed by atoms with Crippen LogP contribution in [0.15, 0.2) is 123 Å². The molecular weight excluding hydrogens is 514 g/mol. The number of rotatable bonds is 7. The minimum absolute atomic E-state index is 0.0918. The van der Waals surface area contributed by atoms with Crippen molar-refractivity contribution >= 4 is 11.6 Å². The first-order valence-electron chi connectivity index (χ1n) is 13.4. The number of hydrogen-bond donors (Lipinski definition) is 1. The van der Waals surface area contributed by atoms with Crippen molar-refractivity contribution in [1.29, 1.82) is 0 Å². The molecular formula is C33H27N5O3. The van der Waals surface area contributed by atoms with Crippen LogP contribution in [0.25, 0.3) is 0 Å². The smallest absolute Gasteiger partial charge is 0.171 e. The second kappa shape index (κ2) is 11.3. The fraction of sp³-hybridized carbons (Fsp3) is 0.182. The van der Waals surface area contributed by atoms with Crippen molar-refractivity contribution in [3.63, 3.8) is 0 Å². The van der Waals surface area contributed by atoms with Crippen molar-refractivity contribution in [3.05, 3.63) is 150 Å². The van der Waals surface area contributed by atoms with E-state index in [2.05, 4.69) is 24.9 Å². The molecule has 0 bridgehead atoms. The molecule has 6 rings (SSSR count). The Morgan fingerprint density at radius 1 is 0.634 bits per heavy atom. The lowest BCUT2D eigenvalue weighted by molar-refractivity contribution is -0.0693. The van der Waals surface area contributed by atoms with Gasteiger partial charge >= 0.3 is 0 Å². The molecule has 1 N–H and O–H groups in total. The highest BCUT2D eigenvalue weighted by atomic mass is 16.3. The predicted molar refractivity (Wildman–Crippen MR) is 151 cm³/mol. The van der Waals surface area contributed by atoms with Crippen LogP contribution in [-0.2, 0) is 5.60 Å². The minimum atomic E-state index is -1.69. The van der Waals surface area contributed by atoms with Crippen molar-refractivity contribution in [2.75, 3.05) is 0 Å². The van der Waals surface area contributed by atoms with Crippen LogP contribution in [-0.4, -0.2) is 41.6 Å². The summed E-state index contributed by atoms with van der Waals surface area (Å²) in [6, 6.07) is 17.7. The van der Waals surface area contributed by atoms with Gasteiger partial charge < -0.3 is 5.11 Å². The third-order valence-corrected chi connectivity index (χ3v) is 8.05. The summed E-state index contributed by atoms with van der Waals surface area (Å²) >= 11 is 0. The zero-order valence-electron chi connectivity index (χ0n) is 22.1. The minimum Gasteiger partial charge on any atom is -0.384 e. The molecule has 0 saturated heterocycles. The van der Waals surface area contributed by atoms with E-state index in [1.54, 1.807) is 98.2 Å². The van der Waals surface area contributed by atoms with Crippen LogP contribution in [0.5, 0.6) is 0 Å². The molecule has 0 aliphatic heterocycles. The quantitative estimate of drug-likeness (QED) is 0.291. The lowest BCUT2D eigenvalue weighted by Crippen LogP contribution is -2.53. The Morgan fingerprint density at radius 2 is 1.15 bits per heavy atom. The van der Waals surface area contributed by atoms with Gasteiger partial charge in [0, 0.05) is 90.5 Å². The molecule has 5 heterocycles. The number of carbonyl (C=O) groups excluding carboxylic acids is 2. The Bertz CT molecular complexity index is 1620. The fourth-order valence-corrected chi connectivity index (χ4v) is 6.27. The van der Waals surface area contributed by atoms with E-state index in [4.69, 9.17) is 0 Å². The molecule has 0 unspecified atom stereocenters. The largest absolute Gasteiger partial charge is 0.384 e.